The van der Waals surface area contributed by atoms with Crippen molar-refractivity contribution in [3.05, 3.63) is 37.2 Å². The van der Waals surface area contributed by atoms with Gasteiger partial charge in [-0.2, -0.15) is 0 Å². The molecule has 21 heavy (non-hydrogen) atoms. The van der Waals surface area contributed by atoms with Crippen LogP contribution in [0.25, 0.3) is 0 Å². The van der Waals surface area contributed by atoms with E-state index >= 15 is 0 Å². The highest BCUT2D eigenvalue weighted by Gasteiger charge is 2.15. The van der Waals surface area contributed by atoms with E-state index in [1.54, 1.807) is 6.92 Å². The number of hydrogen-bond donors (Lipinski definition) is 0. The Morgan fingerprint density at radius 3 is 2.67 bits per heavy atom. The molecule has 8 nitrogen and oxygen atoms in total. The van der Waals surface area contributed by atoms with E-state index in [1.165, 1.54) is 0 Å². The topological polar surface area (TPSA) is 109 Å². The van der Waals surface area contributed by atoms with Crippen molar-refractivity contribution in [3.63, 3.8) is 0 Å². The molecule has 1 rings (SSSR count). The molecule has 0 saturated carbocycles. The number of rotatable bonds is 7. The summed E-state index contributed by atoms with van der Waals surface area (Å²) in [6.07, 6.45) is 0.818. The Hall–Kier alpha value is -2.03. The van der Waals surface area contributed by atoms with E-state index in [0.717, 1.165) is 16.8 Å². The number of carbonyl (C=O) groups is 2. The van der Waals surface area contributed by atoms with E-state index in [1.807, 2.05) is 0 Å². The number of ketones is 1. The van der Waals surface area contributed by atoms with Gasteiger partial charge in [-0.05, 0) is 22.9 Å². The smallest absolute Gasteiger partial charge is 0.306 e. The van der Waals surface area contributed by atoms with Crippen LogP contribution in [0.3, 0.4) is 0 Å². The van der Waals surface area contributed by atoms with Gasteiger partial charge >= 0.3 is 5.97 Å². The number of nitrogens with zero attached hydrogens (tertiary/aromatic N) is 2. The molecular formula is C12H13BrN2O6. The zero-order valence-corrected chi connectivity index (χ0v) is 12.8. The average molecular weight is 361 g/mol. The lowest BCUT2D eigenvalue weighted by Gasteiger charge is -2.06. The Morgan fingerprint density at radius 1 is 1.43 bits per heavy atom. The lowest BCUT2D eigenvalue weighted by molar-refractivity contribution is -0.385. The third-order valence-corrected chi connectivity index (χ3v) is 3.07. The molecule has 0 amide bonds. The molecule has 0 saturated heterocycles. The summed E-state index contributed by atoms with van der Waals surface area (Å²) in [7, 11) is 0. The van der Waals surface area contributed by atoms with Gasteiger partial charge in [0.1, 0.15) is 0 Å². The van der Waals surface area contributed by atoms with Crippen LogP contribution in [-0.2, 0) is 20.9 Å². The number of aromatic nitrogens is 1. The first-order chi connectivity index (χ1) is 9.85. The summed E-state index contributed by atoms with van der Waals surface area (Å²) in [5, 5.41) is 10.7. The molecule has 1 heterocycles. The fraction of sp³-hybridized carbons (Fsp3) is 0.417. The molecule has 9 heteroatoms. The minimum atomic E-state index is -0.663. The SMILES string of the molecule is CCOC(=O)CCC(=O)Cn1cc([N+](=O)[O-])cc(Br)c1=O. The highest BCUT2D eigenvalue weighted by Crippen LogP contribution is 2.14. The average Bonchev–Trinajstić information content (AvgIpc) is 2.41. The van der Waals surface area contributed by atoms with Gasteiger partial charge in [-0.1, -0.05) is 0 Å². The first kappa shape index (κ1) is 17.0. The number of nitro groups is 1. The maximum atomic E-state index is 11.8. The Bertz CT molecular complexity index is 625. The molecule has 0 radical (unpaired) electrons. The van der Waals surface area contributed by atoms with Gasteiger partial charge in [0.2, 0.25) is 0 Å². The van der Waals surface area contributed by atoms with Crippen LogP contribution in [0.15, 0.2) is 21.5 Å². The zero-order valence-electron chi connectivity index (χ0n) is 11.2. The minimum absolute atomic E-state index is 0.00473. The minimum Gasteiger partial charge on any atom is -0.466 e. The van der Waals surface area contributed by atoms with E-state index < -0.39 is 22.2 Å². The predicted octanol–water partition coefficient (Wildman–Crippen LogP) is 1.43. The van der Waals surface area contributed by atoms with Crippen molar-refractivity contribution in [2.24, 2.45) is 0 Å². The third-order valence-electron chi connectivity index (χ3n) is 2.50. The molecule has 114 valence electrons. The Labute approximate surface area is 128 Å². The van der Waals surface area contributed by atoms with Crippen LogP contribution in [0.2, 0.25) is 0 Å². The Kier molecular flexibility index (Phi) is 6.22. The van der Waals surface area contributed by atoms with Crippen molar-refractivity contribution >= 4 is 33.4 Å². The van der Waals surface area contributed by atoms with E-state index in [0.29, 0.717) is 0 Å². The molecule has 1 aromatic heterocycles. The van der Waals surface area contributed by atoms with E-state index in [2.05, 4.69) is 20.7 Å². The quantitative estimate of drug-likeness (QED) is 0.413. The molecule has 0 aliphatic carbocycles. The van der Waals surface area contributed by atoms with Crippen molar-refractivity contribution in [2.45, 2.75) is 26.3 Å². The van der Waals surface area contributed by atoms with Crippen LogP contribution in [-0.4, -0.2) is 27.8 Å². The standard InChI is InChI=1S/C12H13BrN2O6/c1-2-21-11(17)4-3-9(16)7-14-6-8(15(19)20)5-10(13)12(14)18/h5-6H,2-4,7H2,1H3. The number of hydrogen-bond acceptors (Lipinski definition) is 6. The molecular weight excluding hydrogens is 348 g/mol. The molecule has 0 aliphatic heterocycles. The maximum absolute atomic E-state index is 11.8. The lowest BCUT2D eigenvalue weighted by atomic mass is 10.2. The van der Waals surface area contributed by atoms with Gasteiger partial charge in [0.05, 0.1) is 35.2 Å². The van der Waals surface area contributed by atoms with Crippen LogP contribution < -0.4 is 5.56 Å². The second-order valence-corrected chi connectivity index (χ2v) is 4.93. The molecule has 1 aromatic rings. The van der Waals surface area contributed by atoms with Crippen molar-refractivity contribution in [1.29, 1.82) is 0 Å². The summed E-state index contributed by atoms with van der Waals surface area (Å²) in [5.74, 6) is -0.893. The number of esters is 1. The molecule has 0 bridgehead atoms. The van der Waals surface area contributed by atoms with Crippen LogP contribution in [0.5, 0.6) is 0 Å². The number of ether oxygens (including phenoxy) is 1. The summed E-state index contributed by atoms with van der Waals surface area (Å²) < 4.78 is 5.61. The normalized spacial score (nSPS) is 10.2. The third kappa shape index (κ3) is 5.10. The lowest BCUT2D eigenvalue weighted by Crippen LogP contribution is -2.25. The first-order valence-electron chi connectivity index (χ1n) is 6.06. The van der Waals surface area contributed by atoms with Gasteiger partial charge in [0.15, 0.2) is 5.78 Å². The number of pyridine rings is 1. The van der Waals surface area contributed by atoms with Gasteiger partial charge in [-0.25, -0.2) is 0 Å². The van der Waals surface area contributed by atoms with Crippen molar-refractivity contribution in [1.82, 2.24) is 4.57 Å². The summed E-state index contributed by atoms with van der Waals surface area (Å²) in [6.45, 7) is 1.54. The second kappa shape index (κ2) is 7.67. The largest absolute Gasteiger partial charge is 0.466 e. The summed E-state index contributed by atoms with van der Waals surface area (Å²) in [4.78, 5) is 44.7. The highest BCUT2D eigenvalue weighted by molar-refractivity contribution is 9.10. The molecule has 0 fully saturated rings. The molecule has 0 N–H and O–H groups in total. The number of halogens is 1. The highest BCUT2D eigenvalue weighted by atomic mass is 79.9. The van der Waals surface area contributed by atoms with Crippen molar-refractivity contribution < 1.29 is 19.2 Å². The zero-order chi connectivity index (χ0) is 16.0. The fourth-order valence-electron chi connectivity index (χ4n) is 1.55. The molecule has 0 aliphatic rings. The molecule has 0 spiro atoms. The Morgan fingerprint density at radius 2 is 2.10 bits per heavy atom. The van der Waals surface area contributed by atoms with Crippen molar-refractivity contribution in [3.8, 4) is 0 Å². The molecule has 0 unspecified atom stereocenters. The van der Waals surface area contributed by atoms with Gasteiger partial charge in [0, 0.05) is 12.5 Å². The van der Waals surface area contributed by atoms with Crippen LogP contribution in [0, 0.1) is 10.1 Å². The summed E-state index contributed by atoms with van der Waals surface area (Å²) >= 11 is 2.91. The first-order valence-corrected chi connectivity index (χ1v) is 6.86. The van der Waals surface area contributed by atoms with Crippen LogP contribution in [0.1, 0.15) is 19.8 Å². The number of carbonyl (C=O) groups excluding carboxylic acids is 2. The summed E-state index contributed by atoms with van der Waals surface area (Å²) in [6, 6.07) is 1.07. The monoisotopic (exact) mass is 360 g/mol. The van der Waals surface area contributed by atoms with Gasteiger partial charge in [-0.3, -0.25) is 24.5 Å². The van der Waals surface area contributed by atoms with E-state index in [9.17, 15) is 24.5 Å². The van der Waals surface area contributed by atoms with Gasteiger partial charge < -0.3 is 9.30 Å². The van der Waals surface area contributed by atoms with E-state index in [4.69, 9.17) is 0 Å². The predicted molar refractivity (Wildman–Crippen MR) is 75.9 cm³/mol. The van der Waals surface area contributed by atoms with Gasteiger partial charge in [-0.15, -0.1) is 0 Å². The fourth-order valence-corrected chi connectivity index (χ4v) is 2.01. The maximum Gasteiger partial charge on any atom is 0.306 e. The van der Waals surface area contributed by atoms with Crippen molar-refractivity contribution in [2.75, 3.05) is 6.61 Å². The molecule has 0 aromatic carbocycles. The summed E-state index contributed by atoms with van der Waals surface area (Å²) in [5.41, 5.74) is -0.857. The number of Topliss-reactive ketones (excluding diaryl/α,β-unsaturated/α-hetero) is 1. The second-order valence-electron chi connectivity index (χ2n) is 4.08. The van der Waals surface area contributed by atoms with Crippen LogP contribution >= 0.6 is 15.9 Å². The van der Waals surface area contributed by atoms with Gasteiger partial charge in [0.25, 0.3) is 11.2 Å². The molecule has 0 atom stereocenters. The van der Waals surface area contributed by atoms with Crippen LogP contribution in [0.4, 0.5) is 5.69 Å². The Balaban J connectivity index is 2.78. The van der Waals surface area contributed by atoms with E-state index in [-0.39, 0.29) is 36.2 Å².